The molecule has 0 amide bonds. The van der Waals surface area contributed by atoms with E-state index in [-0.39, 0.29) is 5.82 Å². The Labute approximate surface area is 130 Å². The Kier molecular flexibility index (Phi) is 5.61. The third-order valence-electron chi connectivity index (χ3n) is 3.08. The Hall–Kier alpha value is -2.74. The molecule has 2 rings (SSSR count). The molecular formula is C20H18FN. The van der Waals surface area contributed by atoms with Crippen LogP contribution in [0.25, 0.3) is 17.7 Å². The van der Waals surface area contributed by atoms with Gasteiger partial charge in [-0.2, -0.15) is 0 Å². The molecule has 2 aromatic rings. The molecule has 0 aliphatic rings. The van der Waals surface area contributed by atoms with Gasteiger partial charge in [0.1, 0.15) is 5.82 Å². The number of hydrogen-bond acceptors (Lipinski definition) is 1. The summed E-state index contributed by atoms with van der Waals surface area (Å²) in [6.45, 7) is 5.94. The minimum atomic E-state index is -0.231. The van der Waals surface area contributed by atoms with Gasteiger partial charge in [0.2, 0.25) is 0 Å². The molecule has 0 radical (unpaired) electrons. The molecule has 0 aliphatic heterocycles. The second-order valence-electron chi connectivity index (χ2n) is 4.74. The van der Waals surface area contributed by atoms with Crippen molar-refractivity contribution < 1.29 is 4.39 Å². The number of rotatable bonds is 5. The summed E-state index contributed by atoms with van der Waals surface area (Å²) in [5.74, 6) is -0.231. The number of hydrogen-bond donors (Lipinski definition) is 0. The number of aromatic nitrogens is 1. The van der Waals surface area contributed by atoms with E-state index in [1.54, 1.807) is 24.4 Å². The van der Waals surface area contributed by atoms with E-state index in [1.807, 2.05) is 55.5 Å². The predicted octanol–water partition coefficient (Wildman–Crippen LogP) is 5.54. The smallest absolute Gasteiger partial charge is 0.130 e. The highest BCUT2D eigenvalue weighted by Gasteiger charge is 1.98. The first-order chi connectivity index (χ1) is 10.7. The van der Waals surface area contributed by atoms with Gasteiger partial charge in [0.25, 0.3) is 0 Å². The van der Waals surface area contributed by atoms with Crippen molar-refractivity contribution in [1.82, 2.24) is 4.98 Å². The van der Waals surface area contributed by atoms with Crippen LogP contribution in [0.15, 0.2) is 73.5 Å². The van der Waals surface area contributed by atoms with Crippen LogP contribution >= 0.6 is 0 Å². The molecule has 0 aliphatic carbocycles. The van der Waals surface area contributed by atoms with Crippen LogP contribution in [0, 0.1) is 5.82 Å². The second-order valence-corrected chi connectivity index (χ2v) is 4.74. The van der Waals surface area contributed by atoms with Crippen molar-refractivity contribution in [3.63, 3.8) is 0 Å². The highest BCUT2D eigenvalue weighted by molar-refractivity contribution is 5.72. The Balaban J connectivity index is 2.09. The van der Waals surface area contributed by atoms with E-state index >= 15 is 0 Å². The Morgan fingerprint density at radius 2 is 1.91 bits per heavy atom. The fourth-order valence-electron chi connectivity index (χ4n) is 1.86. The lowest BCUT2D eigenvalue weighted by molar-refractivity contribution is 0.625. The molecule has 0 fully saturated rings. The molecular weight excluding hydrogens is 273 g/mol. The Morgan fingerprint density at radius 3 is 2.59 bits per heavy atom. The average Bonchev–Trinajstić information content (AvgIpc) is 2.55. The van der Waals surface area contributed by atoms with E-state index in [4.69, 9.17) is 0 Å². The highest BCUT2D eigenvalue weighted by atomic mass is 19.1. The van der Waals surface area contributed by atoms with Gasteiger partial charge < -0.3 is 0 Å². The minimum Gasteiger partial charge on any atom is -0.256 e. The maximum Gasteiger partial charge on any atom is 0.130 e. The topological polar surface area (TPSA) is 12.9 Å². The quantitative estimate of drug-likeness (QED) is 0.659. The van der Waals surface area contributed by atoms with Gasteiger partial charge in [-0.05, 0) is 30.2 Å². The molecule has 1 aromatic carbocycles. The van der Waals surface area contributed by atoms with E-state index in [9.17, 15) is 4.39 Å². The van der Waals surface area contributed by atoms with Crippen LogP contribution in [0.2, 0.25) is 0 Å². The Bertz CT molecular complexity index is 722. The number of halogens is 1. The van der Waals surface area contributed by atoms with Crippen LogP contribution in [0.4, 0.5) is 4.39 Å². The first-order valence-electron chi connectivity index (χ1n) is 7.08. The van der Waals surface area contributed by atoms with Crippen molar-refractivity contribution >= 4 is 17.7 Å². The van der Waals surface area contributed by atoms with Crippen LogP contribution in [-0.4, -0.2) is 4.98 Å². The van der Waals surface area contributed by atoms with E-state index in [0.29, 0.717) is 5.56 Å². The SMILES string of the molecule is C=C(/C=C\C=C/C)c1ccc(/C=C/c2ccccc2F)cn1. The van der Waals surface area contributed by atoms with Crippen LogP contribution in [0.5, 0.6) is 0 Å². The van der Waals surface area contributed by atoms with Crippen molar-refractivity contribution in [2.75, 3.05) is 0 Å². The van der Waals surface area contributed by atoms with E-state index < -0.39 is 0 Å². The molecule has 0 saturated heterocycles. The minimum absolute atomic E-state index is 0.231. The molecule has 0 bridgehead atoms. The summed E-state index contributed by atoms with van der Waals surface area (Å²) in [5.41, 5.74) is 3.15. The maximum atomic E-state index is 13.5. The number of benzene rings is 1. The molecule has 0 unspecified atom stereocenters. The van der Waals surface area contributed by atoms with Gasteiger partial charge in [-0.25, -0.2) is 4.39 Å². The lowest BCUT2D eigenvalue weighted by Gasteiger charge is -2.00. The van der Waals surface area contributed by atoms with E-state index in [2.05, 4.69) is 11.6 Å². The zero-order chi connectivity index (χ0) is 15.8. The standard InChI is InChI=1S/C20H18FN/c1-3-4-5-8-16(2)20-14-12-17(15-22-20)11-13-18-9-6-7-10-19(18)21/h3-15H,2H2,1H3/b4-3-,8-5-,13-11+. The van der Waals surface area contributed by atoms with Gasteiger partial charge in [-0.15, -0.1) is 0 Å². The summed E-state index contributed by atoms with van der Waals surface area (Å²) in [6.07, 6.45) is 13.1. The monoisotopic (exact) mass is 291 g/mol. The number of pyridine rings is 1. The predicted molar refractivity (Wildman–Crippen MR) is 92.6 cm³/mol. The van der Waals surface area contributed by atoms with Crippen molar-refractivity contribution in [3.8, 4) is 0 Å². The normalized spacial score (nSPS) is 11.7. The van der Waals surface area contributed by atoms with Crippen molar-refractivity contribution in [3.05, 3.63) is 96.1 Å². The van der Waals surface area contributed by atoms with Gasteiger partial charge in [0, 0.05) is 11.8 Å². The van der Waals surface area contributed by atoms with Crippen molar-refractivity contribution in [2.45, 2.75) is 6.92 Å². The first kappa shape index (κ1) is 15.6. The number of nitrogens with zero attached hydrogens (tertiary/aromatic N) is 1. The molecule has 110 valence electrons. The third-order valence-corrected chi connectivity index (χ3v) is 3.08. The first-order valence-corrected chi connectivity index (χ1v) is 7.08. The molecule has 0 saturated carbocycles. The molecule has 1 nitrogen and oxygen atoms in total. The summed E-state index contributed by atoms with van der Waals surface area (Å²) in [4.78, 5) is 4.37. The summed E-state index contributed by atoms with van der Waals surface area (Å²) >= 11 is 0. The maximum absolute atomic E-state index is 13.5. The summed E-state index contributed by atoms with van der Waals surface area (Å²) in [7, 11) is 0. The fourth-order valence-corrected chi connectivity index (χ4v) is 1.86. The molecule has 2 heteroatoms. The molecule has 22 heavy (non-hydrogen) atoms. The van der Waals surface area contributed by atoms with Crippen LogP contribution < -0.4 is 0 Å². The molecule has 0 atom stereocenters. The van der Waals surface area contributed by atoms with Gasteiger partial charge in [0.15, 0.2) is 0 Å². The summed E-state index contributed by atoms with van der Waals surface area (Å²) in [5, 5.41) is 0. The van der Waals surface area contributed by atoms with Crippen molar-refractivity contribution in [1.29, 1.82) is 0 Å². The van der Waals surface area contributed by atoms with Crippen LogP contribution in [0.1, 0.15) is 23.7 Å². The summed E-state index contributed by atoms with van der Waals surface area (Å²) in [6, 6.07) is 10.5. The van der Waals surface area contributed by atoms with Crippen LogP contribution in [0.3, 0.4) is 0 Å². The highest BCUT2D eigenvalue weighted by Crippen LogP contribution is 2.14. The van der Waals surface area contributed by atoms with E-state index in [1.165, 1.54) is 6.07 Å². The van der Waals surface area contributed by atoms with Crippen molar-refractivity contribution in [2.24, 2.45) is 0 Å². The lowest BCUT2D eigenvalue weighted by atomic mass is 10.1. The summed E-state index contributed by atoms with van der Waals surface area (Å²) < 4.78 is 13.5. The van der Waals surface area contributed by atoms with E-state index in [0.717, 1.165) is 16.8 Å². The van der Waals surface area contributed by atoms with Gasteiger partial charge in [0.05, 0.1) is 5.69 Å². The van der Waals surface area contributed by atoms with Crippen LogP contribution in [-0.2, 0) is 0 Å². The lowest BCUT2D eigenvalue weighted by Crippen LogP contribution is -1.86. The van der Waals surface area contributed by atoms with Gasteiger partial charge in [-0.3, -0.25) is 4.98 Å². The van der Waals surface area contributed by atoms with Gasteiger partial charge in [-0.1, -0.05) is 67.3 Å². The third kappa shape index (κ3) is 4.38. The fraction of sp³-hybridized carbons (Fsp3) is 0.0500. The Morgan fingerprint density at radius 1 is 1.09 bits per heavy atom. The van der Waals surface area contributed by atoms with Gasteiger partial charge >= 0.3 is 0 Å². The zero-order valence-corrected chi connectivity index (χ0v) is 12.5. The average molecular weight is 291 g/mol. The molecule has 1 aromatic heterocycles. The largest absolute Gasteiger partial charge is 0.256 e. The number of allylic oxidation sites excluding steroid dienone is 5. The molecule has 0 spiro atoms. The second kappa shape index (κ2) is 7.89. The molecule has 0 N–H and O–H groups in total. The zero-order valence-electron chi connectivity index (χ0n) is 12.5. The molecule has 1 heterocycles.